The Morgan fingerprint density at radius 1 is 0.897 bits per heavy atom. The second-order valence-electron chi connectivity index (χ2n) is 10.7. The van der Waals surface area contributed by atoms with E-state index < -0.39 is 0 Å². The first-order chi connectivity index (χ1) is 19.0. The number of ether oxygens (including phenoxy) is 1. The Bertz CT molecular complexity index is 1140. The Labute approximate surface area is 234 Å². The molecule has 1 aliphatic carbocycles. The normalized spacial score (nSPS) is 17.5. The molecule has 0 amide bonds. The van der Waals surface area contributed by atoms with E-state index >= 15 is 0 Å². The monoisotopic (exact) mass is 529 g/mol. The van der Waals surface area contributed by atoms with Crippen LogP contribution in [0.25, 0.3) is 5.57 Å². The van der Waals surface area contributed by atoms with Crippen LogP contribution in [0.4, 0.5) is 11.4 Å². The number of unbranched alkanes of at least 4 members (excludes halogenated alkanes) is 2. The van der Waals surface area contributed by atoms with Crippen LogP contribution in [0.3, 0.4) is 0 Å². The summed E-state index contributed by atoms with van der Waals surface area (Å²) in [6.45, 7) is 5.35. The lowest BCUT2D eigenvalue weighted by molar-refractivity contribution is -0.871. The van der Waals surface area contributed by atoms with Crippen molar-refractivity contribution in [2.75, 3.05) is 71.2 Å². The molecule has 0 bridgehead atoms. The van der Waals surface area contributed by atoms with E-state index in [2.05, 4.69) is 102 Å². The van der Waals surface area contributed by atoms with Crippen molar-refractivity contribution in [2.24, 2.45) is 0 Å². The van der Waals surface area contributed by atoms with Crippen LogP contribution >= 0.6 is 0 Å². The van der Waals surface area contributed by atoms with Crippen LogP contribution in [-0.4, -0.2) is 77.9 Å². The largest absolute Gasteiger partial charge is 0.469 e. The smallest absolute Gasteiger partial charge is 0.305 e. The molecule has 2 aromatic carbocycles. The predicted octanol–water partition coefficient (Wildman–Crippen LogP) is 4.02. The Morgan fingerprint density at radius 2 is 1.51 bits per heavy atom. The molecule has 6 heteroatoms. The van der Waals surface area contributed by atoms with Crippen LogP contribution in [0.1, 0.15) is 36.8 Å². The maximum absolute atomic E-state index is 11.3. The first-order valence-electron chi connectivity index (χ1n) is 14.3. The van der Waals surface area contributed by atoms with Crippen LogP contribution in [-0.2, 0) is 9.53 Å². The molecule has 0 radical (unpaired) electrons. The van der Waals surface area contributed by atoms with Gasteiger partial charge in [0, 0.05) is 51.0 Å². The van der Waals surface area contributed by atoms with Crippen molar-refractivity contribution in [3.8, 4) is 0 Å². The number of methoxy groups -OCH3 is 1. The zero-order valence-electron chi connectivity index (χ0n) is 24.1. The van der Waals surface area contributed by atoms with Crippen molar-refractivity contribution in [1.29, 1.82) is 0 Å². The van der Waals surface area contributed by atoms with Crippen LogP contribution < -0.4 is 15.1 Å². The molecule has 0 unspecified atom stereocenters. The summed E-state index contributed by atoms with van der Waals surface area (Å²) in [4.78, 5) is 17.7. The average molecular weight is 530 g/mol. The van der Waals surface area contributed by atoms with E-state index in [0.29, 0.717) is 12.5 Å². The number of nitrogens with one attached hydrogen (secondary N) is 2. The van der Waals surface area contributed by atoms with Gasteiger partial charge in [-0.1, -0.05) is 42.8 Å². The van der Waals surface area contributed by atoms with Crippen molar-refractivity contribution in [1.82, 2.24) is 4.90 Å². The molecule has 2 N–H and O–H groups in total. The maximum Gasteiger partial charge on any atom is 0.305 e. The molecule has 0 aromatic heterocycles. The van der Waals surface area contributed by atoms with Crippen LogP contribution in [0.15, 0.2) is 78.4 Å². The molecular formula is C33H45N4O2+. The lowest BCUT2D eigenvalue weighted by Gasteiger charge is -2.36. The molecule has 4 rings (SSSR count). The molecule has 0 saturated carbocycles. The van der Waals surface area contributed by atoms with Gasteiger partial charge in [0.25, 0.3) is 0 Å². The van der Waals surface area contributed by atoms with Gasteiger partial charge in [-0.05, 0) is 78.1 Å². The highest BCUT2D eigenvalue weighted by molar-refractivity contribution is 5.86. The lowest BCUT2D eigenvalue weighted by atomic mass is 9.90. The van der Waals surface area contributed by atoms with Crippen LogP contribution in [0.5, 0.6) is 0 Å². The lowest BCUT2D eigenvalue weighted by Crippen LogP contribution is -3.09. The van der Waals surface area contributed by atoms with Gasteiger partial charge in [0.15, 0.2) is 0 Å². The van der Waals surface area contributed by atoms with E-state index in [0.717, 1.165) is 57.7 Å². The molecule has 39 heavy (non-hydrogen) atoms. The third-order valence-electron chi connectivity index (χ3n) is 7.86. The number of allylic oxidation sites excluding steroid dienone is 3. The molecule has 1 heterocycles. The molecule has 2 aliphatic rings. The maximum atomic E-state index is 11.3. The van der Waals surface area contributed by atoms with Gasteiger partial charge in [-0.3, -0.25) is 9.69 Å². The Balaban J connectivity index is 1.41. The number of likely N-dealkylation sites (N-methyl/N-ethyl adjacent to an activating group) is 1. The summed E-state index contributed by atoms with van der Waals surface area (Å²) >= 11 is 0. The highest BCUT2D eigenvalue weighted by Gasteiger charge is 2.19. The van der Waals surface area contributed by atoms with Crippen molar-refractivity contribution in [2.45, 2.75) is 31.7 Å². The summed E-state index contributed by atoms with van der Waals surface area (Å²) in [5.74, 6) is -0.102. The number of hydrogen-bond donors (Lipinski definition) is 2. The van der Waals surface area contributed by atoms with Gasteiger partial charge in [0.05, 0.1) is 21.2 Å². The summed E-state index contributed by atoms with van der Waals surface area (Å²) in [5.41, 5.74) is 7.38. The molecule has 0 spiro atoms. The SMILES string of the molecule is CNc1ccc(C(=C2C=CC([NH+](C)C)C=C2)c2ccc(N3CCN(CCCCCC(=O)OC)CC3)cc2)cc1. The van der Waals surface area contributed by atoms with Gasteiger partial charge in [-0.25, -0.2) is 0 Å². The summed E-state index contributed by atoms with van der Waals surface area (Å²) in [7, 11) is 7.80. The topological polar surface area (TPSA) is 49.2 Å². The number of rotatable bonds is 11. The Kier molecular flexibility index (Phi) is 10.4. The molecule has 2 aromatic rings. The second kappa shape index (κ2) is 14.2. The average Bonchev–Trinajstić information content (AvgIpc) is 2.98. The molecule has 6 nitrogen and oxygen atoms in total. The predicted molar refractivity (Wildman–Crippen MR) is 162 cm³/mol. The van der Waals surface area contributed by atoms with Gasteiger partial charge in [0.1, 0.15) is 6.04 Å². The van der Waals surface area contributed by atoms with Gasteiger partial charge in [-0.15, -0.1) is 0 Å². The number of piperazine rings is 1. The van der Waals surface area contributed by atoms with Gasteiger partial charge >= 0.3 is 5.97 Å². The molecule has 0 atom stereocenters. The fourth-order valence-corrected chi connectivity index (χ4v) is 5.34. The van der Waals surface area contributed by atoms with E-state index in [1.807, 2.05) is 7.05 Å². The van der Waals surface area contributed by atoms with Crippen molar-refractivity contribution in [3.05, 3.63) is 89.5 Å². The van der Waals surface area contributed by atoms with Gasteiger partial charge in [0.2, 0.25) is 0 Å². The van der Waals surface area contributed by atoms with E-state index in [4.69, 9.17) is 4.74 Å². The molecule has 1 saturated heterocycles. The highest BCUT2D eigenvalue weighted by Crippen LogP contribution is 2.32. The minimum Gasteiger partial charge on any atom is -0.469 e. The zero-order chi connectivity index (χ0) is 27.6. The fourth-order valence-electron chi connectivity index (χ4n) is 5.34. The summed E-state index contributed by atoms with van der Waals surface area (Å²) in [6, 6.07) is 18.2. The molecular weight excluding hydrogens is 484 g/mol. The number of carbonyl (C=O) groups is 1. The highest BCUT2D eigenvalue weighted by atomic mass is 16.5. The molecule has 1 aliphatic heterocycles. The van der Waals surface area contributed by atoms with Crippen LogP contribution in [0.2, 0.25) is 0 Å². The van der Waals surface area contributed by atoms with Crippen molar-refractivity contribution in [3.63, 3.8) is 0 Å². The van der Waals surface area contributed by atoms with Gasteiger partial charge in [-0.2, -0.15) is 0 Å². The number of benzene rings is 2. The standard InChI is InChI=1S/C33H44N4O2/c1-34-29-15-9-26(10-16-29)33(27-11-17-30(18-12-27)35(2)3)28-13-19-31(20-14-28)37-24-22-36(23-25-37)21-7-5-6-8-32(38)39-4/h9-20,30,34H,5-8,21-25H2,1-4H3/p+1. The van der Waals surface area contributed by atoms with Gasteiger partial charge < -0.3 is 19.9 Å². The third kappa shape index (κ3) is 7.84. The summed E-state index contributed by atoms with van der Waals surface area (Å²) < 4.78 is 4.73. The number of nitrogens with zero attached hydrogens (tertiary/aromatic N) is 2. The molecule has 1 fully saturated rings. The first kappa shape index (κ1) is 28.7. The third-order valence-corrected chi connectivity index (χ3v) is 7.86. The van der Waals surface area contributed by atoms with Crippen molar-refractivity contribution >= 4 is 22.9 Å². The minimum absolute atomic E-state index is 0.102. The second-order valence-corrected chi connectivity index (χ2v) is 10.7. The molecule has 208 valence electrons. The number of anilines is 2. The number of quaternary nitrogens is 1. The Hall–Kier alpha value is -3.35. The van der Waals surface area contributed by atoms with E-state index in [1.165, 1.54) is 40.0 Å². The summed E-state index contributed by atoms with van der Waals surface area (Å²) in [5, 5.41) is 3.23. The van der Waals surface area contributed by atoms with Crippen LogP contribution in [0, 0.1) is 0 Å². The number of carbonyl (C=O) groups excluding carboxylic acids is 1. The van der Waals surface area contributed by atoms with E-state index in [1.54, 1.807) is 0 Å². The quantitative estimate of drug-likeness (QED) is 0.340. The number of hydrogen-bond acceptors (Lipinski definition) is 5. The Morgan fingerprint density at radius 3 is 2.08 bits per heavy atom. The first-order valence-corrected chi connectivity index (χ1v) is 14.3. The van der Waals surface area contributed by atoms with E-state index in [-0.39, 0.29) is 5.97 Å². The van der Waals surface area contributed by atoms with E-state index in [9.17, 15) is 4.79 Å². The summed E-state index contributed by atoms with van der Waals surface area (Å²) in [6.07, 6.45) is 12.8. The fraction of sp³-hybridized carbons (Fsp3) is 0.424. The van der Waals surface area contributed by atoms with Crippen molar-refractivity contribution < 1.29 is 14.4 Å². The minimum atomic E-state index is -0.102. The zero-order valence-corrected chi connectivity index (χ0v) is 24.1. The number of esters is 1.